The first kappa shape index (κ1) is 21.7. The standard InChI is InChI=1S/C24H20N4O5S/c1-16-4-7-19(8-5-16)34(29,30)28-23-24(31-14-17-3-2-10-25-12-17)27-20(13-26-23)18-6-9-21-22(11-18)33-15-32-21/h2-13H,14-15H2,1H3,(H,26,28). The molecule has 5 rings (SSSR count). The lowest BCUT2D eigenvalue weighted by Crippen LogP contribution is -2.15. The molecule has 4 aromatic rings. The van der Waals surface area contributed by atoms with E-state index < -0.39 is 10.0 Å². The molecule has 0 spiro atoms. The highest BCUT2D eigenvalue weighted by molar-refractivity contribution is 7.92. The number of fused-ring (bicyclic) bond motifs is 1. The fourth-order valence-electron chi connectivity index (χ4n) is 3.28. The average molecular weight is 477 g/mol. The molecule has 172 valence electrons. The van der Waals surface area contributed by atoms with Crippen molar-refractivity contribution in [2.24, 2.45) is 0 Å². The van der Waals surface area contributed by atoms with Crippen LogP contribution in [0.1, 0.15) is 11.1 Å². The topological polar surface area (TPSA) is 113 Å². The summed E-state index contributed by atoms with van der Waals surface area (Å²) in [5, 5.41) is 0. The first-order valence-corrected chi connectivity index (χ1v) is 11.8. The quantitative estimate of drug-likeness (QED) is 0.427. The van der Waals surface area contributed by atoms with Gasteiger partial charge in [-0.05, 0) is 43.3 Å². The number of hydrogen-bond acceptors (Lipinski definition) is 8. The Morgan fingerprint density at radius 2 is 1.85 bits per heavy atom. The van der Waals surface area contributed by atoms with Crippen LogP contribution in [0.3, 0.4) is 0 Å². The molecule has 9 nitrogen and oxygen atoms in total. The maximum absolute atomic E-state index is 12.9. The molecule has 0 saturated carbocycles. The minimum absolute atomic E-state index is 0.0195. The maximum atomic E-state index is 12.9. The summed E-state index contributed by atoms with van der Waals surface area (Å²) in [6, 6.07) is 15.5. The van der Waals surface area contributed by atoms with Crippen LogP contribution >= 0.6 is 0 Å². The SMILES string of the molecule is Cc1ccc(S(=O)(=O)Nc2ncc(-c3ccc4c(c3)OCO4)nc2OCc2cccnc2)cc1. The van der Waals surface area contributed by atoms with Gasteiger partial charge in [0, 0.05) is 23.5 Å². The molecule has 0 saturated heterocycles. The maximum Gasteiger partial charge on any atom is 0.263 e. The molecular weight excluding hydrogens is 456 g/mol. The molecule has 0 atom stereocenters. The van der Waals surface area contributed by atoms with Crippen molar-refractivity contribution in [1.82, 2.24) is 15.0 Å². The van der Waals surface area contributed by atoms with Crippen molar-refractivity contribution in [3.8, 4) is 28.6 Å². The Morgan fingerprint density at radius 3 is 2.65 bits per heavy atom. The van der Waals surface area contributed by atoms with Crippen LogP contribution in [0.2, 0.25) is 0 Å². The van der Waals surface area contributed by atoms with Gasteiger partial charge in [-0.15, -0.1) is 0 Å². The zero-order valence-corrected chi connectivity index (χ0v) is 19.0. The van der Waals surface area contributed by atoms with E-state index in [1.54, 1.807) is 42.7 Å². The smallest absolute Gasteiger partial charge is 0.263 e. The minimum atomic E-state index is -3.90. The summed E-state index contributed by atoms with van der Waals surface area (Å²) >= 11 is 0. The van der Waals surface area contributed by atoms with E-state index in [0.29, 0.717) is 17.2 Å². The van der Waals surface area contributed by atoms with Crippen LogP contribution in [-0.4, -0.2) is 30.2 Å². The average Bonchev–Trinajstić information content (AvgIpc) is 3.32. The number of rotatable bonds is 7. The Balaban J connectivity index is 1.49. The van der Waals surface area contributed by atoms with Gasteiger partial charge in [-0.1, -0.05) is 23.8 Å². The number of pyridine rings is 1. The van der Waals surface area contributed by atoms with Gasteiger partial charge in [0.2, 0.25) is 12.6 Å². The van der Waals surface area contributed by atoms with Gasteiger partial charge in [0.1, 0.15) is 6.61 Å². The van der Waals surface area contributed by atoms with Crippen LogP contribution in [-0.2, 0) is 16.6 Å². The van der Waals surface area contributed by atoms with Gasteiger partial charge in [-0.25, -0.2) is 18.4 Å². The van der Waals surface area contributed by atoms with Crippen molar-refractivity contribution in [2.45, 2.75) is 18.4 Å². The Labute approximate surface area is 196 Å². The predicted octanol–water partition coefficient (Wildman–Crippen LogP) is 3.96. The van der Waals surface area contributed by atoms with Gasteiger partial charge in [-0.2, -0.15) is 0 Å². The number of ether oxygens (including phenoxy) is 3. The van der Waals surface area contributed by atoms with Crippen molar-refractivity contribution in [2.75, 3.05) is 11.5 Å². The summed E-state index contributed by atoms with van der Waals surface area (Å²) < 4.78 is 45.1. The molecule has 10 heteroatoms. The summed E-state index contributed by atoms with van der Waals surface area (Å²) in [4.78, 5) is 13.1. The second kappa shape index (κ2) is 8.99. The monoisotopic (exact) mass is 476 g/mol. The molecule has 34 heavy (non-hydrogen) atoms. The lowest BCUT2D eigenvalue weighted by atomic mass is 10.1. The Morgan fingerprint density at radius 1 is 1.03 bits per heavy atom. The largest absolute Gasteiger partial charge is 0.470 e. The van der Waals surface area contributed by atoms with E-state index >= 15 is 0 Å². The Hall–Kier alpha value is -4.18. The number of hydrogen-bond donors (Lipinski definition) is 1. The van der Waals surface area contributed by atoms with Gasteiger partial charge in [0.15, 0.2) is 11.5 Å². The van der Waals surface area contributed by atoms with Gasteiger partial charge in [0.05, 0.1) is 16.8 Å². The number of aromatic nitrogens is 3. The number of nitrogens with one attached hydrogen (secondary N) is 1. The van der Waals surface area contributed by atoms with Crippen LogP contribution in [0, 0.1) is 6.92 Å². The van der Waals surface area contributed by atoms with Gasteiger partial charge in [-0.3, -0.25) is 9.71 Å². The molecule has 0 unspecified atom stereocenters. The predicted molar refractivity (Wildman–Crippen MR) is 124 cm³/mol. The van der Waals surface area contributed by atoms with Gasteiger partial charge in [0.25, 0.3) is 15.9 Å². The fraction of sp³-hybridized carbons (Fsp3) is 0.125. The van der Waals surface area contributed by atoms with Crippen molar-refractivity contribution in [3.63, 3.8) is 0 Å². The second-order valence-electron chi connectivity index (χ2n) is 7.55. The molecule has 2 aromatic heterocycles. The van der Waals surface area contributed by atoms with Crippen LogP contribution in [0.15, 0.2) is 78.1 Å². The van der Waals surface area contributed by atoms with E-state index in [2.05, 4.69) is 19.7 Å². The Bertz CT molecular complexity index is 1430. The lowest BCUT2D eigenvalue weighted by molar-refractivity contribution is 0.174. The normalized spacial score (nSPS) is 12.4. The number of aryl methyl sites for hydroxylation is 1. The molecule has 1 aliphatic heterocycles. The molecule has 0 radical (unpaired) electrons. The van der Waals surface area contributed by atoms with Crippen molar-refractivity contribution in [1.29, 1.82) is 0 Å². The first-order chi connectivity index (χ1) is 16.5. The highest BCUT2D eigenvalue weighted by atomic mass is 32.2. The summed E-state index contributed by atoms with van der Waals surface area (Å²) in [6.07, 6.45) is 4.79. The molecule has 0 amide bonds. The van der Waals surface area contributed by atoms with Crippen molar-refractivity contribution >= 4 is 15.8 Å². The fourth-order valence-corrected chi connectivity index (χ4v) is 4.28. The summed E-state index contributed by atoms with van der Waals surface area (Å²) in [7, 11) is -3.90. The third-order valence-electron chi connectivity index (χ3n) is 5.07. The molecule has 3 heterocycles. The summed E-state index contributed by atoms with van der Waals surface area (Å²) in [5.74, 6) is 1.26. The van der Waals surface area contributed by atoms with Crippen LogP contribution in [0.25, 0.3) is 11.3 Å². The highest BCUT2D eigenvalue weighted by Crippen LogP contribution is 2.36. The molecule has 1 aliphatic rings. The molecule has 0 aliphatic carbocycles. The van der Waals surface area contributed by atoms with Crippen LogP contribution in [0.5, 0.6) is 17.4 Å². The van der Waals surface area contributed by atoms with Crippen LogP contribution < -0.4 is 18.9 Å². The lowest BCUT2D eigenvalue weighted by Gasteiger charge is -2.13. The van der Waals surface area contributed by atoms with Gasteiger partial charge < -0.3 is 14.2 Å². The third-order valence-corrected chi connectivity index (χ3v) is 6.42. The first-order valence-electron chi connectivity index (χ1n) is 10.4. The molecule has 2 aromatic carbocycles. The highest BCUT2D eigenvalue weighted by Gasteiger charge is 2.21. The second-order valence-corrected chi connectivity index (χ2v) is 9.23. The summed E-state index contributed by atoms with van der Waals surface area (Å²) in [5.41, 5.74) is 2.95. The zero-order valence-electron chi connectivity index (χ0n) is 18.1. The van der Waals surface area contributed by atoms with Gasteiger partial charge >= 0.3 is 0 Å². The molecule has 0 fully saturated rings. The van der Waals surface area contributed by atoms with Crippen molar-refractivity contribution in [3.05, 3.63) is 84.3 Å². The van der Waals surface area contributed by atoms with E-state index in [1.807, 2.05) is 19.1 Å². The van der Waals surface area contributed by atoms with E-state index in [-0.39, 0.29) is 30.0 Å². The van der Waals surface area contributed by atoms with Crippen LogP contribution in [0.4, 0.5) is 5.82 Å². The minimum Gasteiger partial charge on any atom is -0.470 e. The Kier molecular flexibility index (Phi) is 5.72. The van der Waals surface area contributed by atoms with E-state index in [1.165, 1.54) is 18.3 Å². The number of nitrogens with zero attached hydrogens (tertiary/aromatic N) is 3. The zero-order chi connectivity index (χ0) is 23.5. The number of anilines is 1. The molecule has 0 bridgehead atoms. The van der Waals surface area contributed by atoms with Crippen molar-refractivity contribution < 1.29 is 22.6 Å². The molecular formula is C24H20N4O5S. The number of sulfonamides is 1. The number of benzene rings is 2. The third kappa shape index (κ3) is 4.62. The van der Waals surface area contributed by atoms with E-state index in [4.69, 9.17) is 14.2 Å². The summed E-state index contributed by atoms with van der Waals surface area (Å²) in [6.45, 7) is 2.17. The van der Waals surface area contributed by atoms with E-state index in [9.17, 15) is 8.42 Å². The van der Waals surface area contributed by atoms with E-state index in [0.717, 1.165) is 16.7 Å². The molecule has 1 N–H and O–H groups in total.